The van der Waals surface area contributed by atoms with Crippen molar-refractivity contribution < 1.29 is 22.1 Å². The highest BCUT2D eigenvalue weighted by molar-refractivity contribution is 7.84. The van der Waals surface area contributed by atoms with Gasteiger partial charge in [-0.3, -0.25) is 9.55 Å². The predicted octanol–water partition coefficient (Wildman–Crippen LogP) is 2.52. The molecule has 9 nitrogen and oxygen atoms in total. The van der Waals surface area contributed by atoms with Crippen LogP contribution in [0.2, 0.25) is 0 Å². The number of hydrogen-bond donors (Lipinski definition) is 2. The second-order valence-electron chi connectivity index (χ2n) is 8.11. The number of ether oxygens (including phenoxy) is 1. The summed E-state index contributed by atoms with van der Waals surface area (Å²) in [5.74, 6) is -0.849. The fourth-order valence-corrected chi connectivity index (χ4v) is 3.94. The molecule has 2 unspecified atom stereocenters. The molecule has 4 rings (SSSR count). The van der Waals surface area contributed by atoms with Crippen LogP contribution in [0, 0.1) is 11.2 Å². The van der Waals surface area contributed by atoms with Crippen molar-refractivity contribution in [2.75, 3.05) is 5.73 Å². The Bertz CT molecular complexity index is 1260. The van der Waals surface area contributed by atoms with Gasteiger partial charge in [0.05, 0.1) is 5.69 Å². The van der Waals surface area contributed by atoms with Crippen molar-refractivity contribution in [3.05, 3.63) is 53.5 Å². The van der Waals surface area contributed by atoms with Gasteiger partial charge in [-0.25, -0.2) is 14.4 Å². The fourth-order valence-electron chi connectivity index (χ4n) is 3.31. The number of imidazole rings is 1. The number of halogens is 1. The highest BCUT2D eigenvalue weighted by atomic mass is 32.2. The van der Waals surface area contributed by atoms with Gasteiger partial charge in [0, 0.05) is 11.6 Å². The van der Waals surface area contributed by atoms with E-state index in [1.807, 2.05) is 20.8 Å². The molecule has 0 amide bonds. The number of fused-ring (bicyclic) bond motifs is 1. The minimum atomic E-state index is -4.74. The van der Waals surface area contributed by atoms with E-state index >= 15 is 0 Å². The molecule has 0 saturated heterocycles. The van der Waals surface area contributed by atoms with Gasteiger partial charge in [-0.15, -0.1) is 0 Å². The van der Waals surface area contributed by atoms with Crippen molar-refractivity contribution in [1.29, 1.82) is 0 Å². The van der Waals surface area contributed by atoms with Crippen molar-refractivity contribution in [2.45, 2.75) is 32.6 Å². The molecule has 2 aromatic heterocycles. The quantitative estimate of drug-likeness (QED) is 0.606. The highest BCUT2D eigenvalue weighted by Gasteiger charge is 2.45. The van der Waals surface area contributed by atoms with Gasteiger partial charge in [-0.05, 0) is 29.8 Å². The van der Waals surface area contributed by atoms with Gasteiger partial charge < -0.3 is 10.5 Å². The second-order valence-corrected chi connectivity index (χ2v) is 9.37. The molecule has 3 N–H and O–H groups in total. The maximum absolute atomic E-state index is 13.6. The van der Waals surface area contributed by atoms with Crippen LogP contribution < -0.4 is 5.73 Å². The Kier molecular flexibility index (Phi) is 4.46. The zero-order valence-corrected chi connectivity index (χ0v) is 17.3. The van der Waals surface area contributed by atoms with Crippen molar-refractivity contribution in [2.24, 2.45) is 10.4 Å². The molecule has 11 heteroatoms. The minimum absolute atomic E-state index is 0.162. The molecule has 0 fully saturated rings. The van der Waals surface area contributed by atoms with Crippen molar-refractivity contribution in [3.8, 4) is 0 Å². The molecule has 3 heterocycles. The molecule has 0 aliphatic carbocycles. The smallest absolute Gasteiger partial charge is 0.368 e. The van der Waals surface area contributed by atoms with E-state index in [9.17, 15) is 17.4 Å². The van der Waals surface area contributed by atoms with E-state index in [0.29, 0.717) is 9.54 Å². The standard InChI is InChI=1S/C19H20FN5O4S/c1-18(2,3)16-22-10-19(29-16,11-4-6-12(20)7-5-11)14-9-8-13-15(24-14)25(17(21)23-13)30(26,27)28/h4-10,16H,1-3H3,(H2,21,23)(H,26,27,28). The Hall–Kier alpha value is -2.89. The van der Waals surface area contributed by atoms with Crippen LogP contribution >= 0.6 is 0 Å². The summed E-state index contributed by atoms with van der Waals surface area (Å²) in [5, 5.41) is 0. The number of aliphatic imine (C=N–C) groups is 1. The lowest BCUT2D eigenvalue weighted by molar-refractivity contribution is -0.0566. The first-order valence-electron chi connectivity index (χ1n) is 9.03. The summed E-state index contributed by atoms with van der Waals surface area (Å²) in [5.41, 5.74) is 4.85. The van der Waals surface area contributed by atoms with Gasteiger partial charge >= 0.3 is 10.3 Å². The van der Waals surface area contributed by atoms with Crippen LogP contribution in [0.5, 0.6) is 0 Å². The largest absolute Gasteiger partial charge is 0.368 e. The van der Waals surface area contributed by atoms with Gasteiger partial charge in [0.2, 0.25) is 5.95 Å². The summed E-state index contributed by atoms with van der Waals surface area (Å²) in [7, 11) is -4.74. The Morgan fingerprint density at radius 1 is 1.17 bits per heavy atom. The summed E-state index contributed by atoms with van der Waals surface area (Å²) in [6, 6.07) is 8.79. The van der Waals surface area contributed by atoms with E-state index in [-0.39, 0.29) is 22.3 Å². The lowest BCUT2D eigenvalue weighted by Crippen LogP contribution is -2.36. The van der Waals surface area contributed by atoms with Crippen molar-refractivity contribution in [1.82, 2.24) is 13.9 Å². The monoisotopic (exact) mass is 433 g/mol. The van der Waals surface area contributed by atoms with Crippen LogP contribution in [0.25, 0.3) is 11.2 Å². The van der Waals surface area contributed by atoms with E-state index < -0.39 is 33.9 Å². The number of pyridine rings is 1. The number of anilines is 1. The molecule has 0 spiro atoms. The Labute approximate surface area is 172 Å². The molecule has 30 heavy (non-hydrogen) atoms. The molecule has 1 aliphatic heterocycles. The van der Waals surface area contributed by atoms with Crippen LogP contribution in [0.1, 0.15) is 32.0 Å². The first-order chi connectivity index (χ1) is 13.9. The first kappa shape index (κ1) is 20.4. The van der Waals surface area contributed by atoms with Gasteiger partial charge in [0.15, 0.2) is 17.5 Å². The van der Waals surface area contributed by atoms with Gasteiger partial charge in [-0.2, -0.15) is 12.4 Å². The van der Waals surface area contributed by atoms with Gasteiger partial charge in [-0.1, -0.05) is 32.9 Å². The molecule has 1 aliphatic rings. The highest BCUT2D eigenvalue weighted by Crippen LogP contribution is 2.41. The molecule has 0 radical (unpaired) electrons. The lowest BCUT2D eigenvalue weighted by Gasteiger charge is -2.32. The number of rotatable bonds is 3. The number of nitrogen functional groups attached to an aromatic ring is 1. The topological polar surface area (TPSA) is 133 Å². The van der Waals surface area contributed by atoms with Crippen molar-refractivity contribution >= 4 is 33.6 Å². The SMILES string of the molecule is CC(C)(C)C1N=CC(c2ccc(F)cc2)(c2ccc3nc(N)n(S(=O)(=O)O)c3n2)O1. The third-order valence-corrected chi connectivity index (χ3v) is 5.63. The first-order valence-corrected chi connectivity index (χ1v) is 10.4. The summed E-state index contributed by atoms with van der Waals surface area (Å²) in [6.07, 6.45) is 1.04. The van der Waals surface area contributed by atoms with Crippen LogP contribution in [-0.2, 0) is 20.6 Å². The maximum Gasteiger partial charge on any atom is 0.368 e. The van der Waals surface area contributed by atoms with Crippen LogP contribution in [0.15, 0.2) is 41.4 Å². The lowest BCUT2D eigenvalue weighted by atomic mass is 9.90. The number of aromatic nitrogens is 3. The zero-order chi connectivity index (χ0) is 21.9. The molecule has 2 atom stereocenters. The third-order valence-electron chi connectivity index (χ3n) is 4.80. The summed E-state index contributed by atoms with van der Waals surface area (Å²) in [4.78, 5) is 12.8. The number of benzene rings is 1. The van der Waals surface area contributed by atoms with E-state index in [2.05, 4.69) is 15.0 Å². The Balaban J connectivity index is 1.96. The zero-order valence-electron chi connectivity index (χ0n) is 16.4. The number of nitrogens with two attached hydrogens (primary N) is 1. The minimum Gasteiger partial charge on any atom is -0.368 e. The van der Waals surface area contributed by atoms with E-state index in [4.69, 9.17) is 10.5 Å². The van der Waals surface area contributed by atoms with Gasteiger partial charge in [0.25, 0.3) is 0 Å². The molecular weight excluding hydrogens is 413 g/mol. The molecule has 1 aromatic carbocycles. The molecule has 0 saturated carbocycles. The Morgan fingerprint density at radius 3 is 2.40 bits per heavy atom. The van der Waals surface area contributed by atoms with Crippen molar-refractivity contribution in [3.63, 3.8) is 0 Å². The van der Waals surface area contributed by atoms with E-state index in [1.165, 1.54) is 18.2 Å². The summed E-state index contributed by atoms with van der Waals surface area (Å²) >= 11 is 0. The van der Waals surface area contributed by atoms with Crippen LogP contribution in [0.4, 0.5) is 10.3 Å². The molecular formula is C19H20FN5O4S. The van der Waals surface area contributed by atoms with E-state index in [0.717, 1.165) is 0 Å². The molecule has 3 aromatic rings. The second kappa shape index (κ2) is 6.56. The van der Waals surface area contributed by atoms with Gasteiger partial charge in [0.1, 0.15) is 11.3 Å². The Morgan fingerprint density at radius 2 is 1.83 bits per heavy atom. The molecule has 158 valence electrons. The fraction of sp³-hybridized carbons (Fsp3) is 0.316. The van der Waals surface area contributed by atoms with E-state index in [1.54, 1.807) is 24.4 Å². The van der Waals surface area contributed by atoms with Crippen LogP contribution in [-0.4, -0.2) is 39.4 Å². The average molecular weight is 433 g/mol. The maximum atomic E-state index is 13.6. The normalized spacial score (nSPS) is 22.1. The third kappa shape index (κ3) is 3.24. The van der Waals surface area contributed by atoms with Crippen LogP contribution in [0.3, 0.4) is 0 Å². The average Bonchev–Trinajstić information content (AvgIpc) is 3.22. The summed E-state index contributed by atoms with van der Waals surface area (Å²) in [6.45, 7) is 5.88. The number of nitrogens with zero attached hydrogens (tertiary/aromatic N) is 4. The molecule has 0 bridgehead atoms. The number of hydrogen-bond acceptors (Lipinski definition) is 7. The predicted molar refractivity (Wildman–Crippen MR) is 109 cm³/mol. The summed E-state index contributed by atoms with van der Waals surface area (Å²) < 4.78 is 53.5.